The van der Waals surface area contributed by atoms with Gasteiger partial charge in [-0.15, -0.1) is 23.4 Å². The molecule has 0 bridgehead atoms. The van der Waals surface area contributed by atoms with Crippen molar-refractivity contribution in [1.29, 1.82) is 0 Å². The minimum Gasteiger partial charge on any atom is -0.460 e. The van der Waals surface area contributed by atoms with Crippen LogP contribution in [0.25, 0.3) is 0 Å². The van der Waals surface area contributed by atoms with Gasteiger partial charge in [0.25, 0.3) is 0 Å². The first kappa shape index (κ1) is 22.3. The quantitative estimate of drug-likeness (QED) is 0.203. The largest absolute Gasteiger partial charge is 0.460 e. The maximum absolute atomic E-state index is 13.0. The molecule has 0 spiro atoms. The van der Waals surface area contributed by atoms with Crippen LogP contribution in [-0.2, 0) is 20.2 Å². The van der Waals surface area contributed by atoms with Gasteiger partial charge in [-0.1, -0.05) is 52.9 Å². The number of ether oxygens (including phenoxy) is 1. The molecular formula is C20H21BrClNO5S. The van der Waals surface area contributed by atoms with Crippen LogP contribution in [0, 0.1) is 0 Å². The molecule has 3 rings (SSSR count). The lowest BCUT2D eigenvalue weighted by atomic mass is 9.84. The lowest BCUT2D eigenvalue weighted by Gasteiger charge is -2.51. The van der Waals surface area contributed by atoms with Crippen LogP contribution >= 0.6 is 39.3 Å². The SMILES string of the molecule is C=CCOC(=O)[C@@H]1N2C(=O)C(Br)(C(O)C(=O)c3ccc(CCl)cc3)[C@H]2SC1(C)C. The molecule has 1 aromatic carbocycles. The zero-order valence-electron chi connectivity index (χ0n) is 15.9. The van der Waals surface area contributed by atoms with Gasteiger partial charge in [0, 0.05) is 16.2 Å². The molecule has 2 saturated heterocycles. The second-order valence-corrected chi connectivity index (χ2v) is 10.8. The van der Waals surface area contributed by atoms with E-state index in [1.165, 1.54) is 22.7 Å². The minimum atomic E-state index is -1.61. The molecule has 4 atom stereocenters. The fourth-order valence-corrected chi connectivity index (χ4v) is 6.34. The number of amides is 1. The average molecular weight is 503 g/mol. The van der Waals surface area contributed by atoms with Crippen molar-refractivity contribution >= 4 is 57.0 Å². The van der Waals surface area contributed by atoms with Crippen LogP contribution in [0.2, 0.25) is 0 Å². The monoisotopic (exact) mass is 501 g/mol. The Balaban J connectivity index is 1.84. The number of benzene rings is 1. The predicted octanol–water partition coefficient (Wildman–Crippen LogP) is 2.89. The molecule has 2 heterocycles. The number of thioether (sulfide) groups is 1. The summed E-state index contributed by atoms with van der Waals surface area (Å²) >= 11 is 10.5. The molecule has 0 aromatic heterocycles. The normalized spacial score (nSPS) is 28.3. The third-order valence-electron chi connectivity index (χ3n) is 5.13. The van der Waals surface area contributed by atoms with Crippen LogP contribution in [-0.4, -0.2) is 60.9 Å². The van der Waals surface area contributed by atoms with E-state index in [9.17, 15) is 19.5 Å². The molecule has 0 radical (unpaired) electrons. The van der Waals surface area contributed by atoms with Gasteiger partial charge in [-0.25, -0.2) is 4.79 Å². The first-order valence-electron chi connectivity index (χ1n) is 8.93. The van der Waals surface area contributed by atoms with Crippen molar-refractivity contribution in [2.45, 2.75) is 46.3 Å². The zero-order chi connectivity index (χ0) is 21.6. The van der Waals surface area contributed by atoms with Crippen molar-refractivity contribution < 1.29 is 24.2 Å². The maximum atomic E-state index is 13.0. The highest BCUT2D eigenvalue weighted by molar-refractivity contribution is 9.10. The van der Waals surface area contributed by atoms with Gasteiger partial charge >= 0.3 is 5.97 Å². The number of carbonyl (C=O) groups is 3. The molecular weight excluding hydrogens is 482 g/mol. The summed E-state index contributed by atoms with van der Waals surface area (Å²) in [7, 11) is 0. The van der Waals surface area contributed by atoms with E-state index >= 15 is 0 Å². The van der Waals surface area contributed by atoms with Crippen LogP contribution in [0.5, 0.6) is 0 Å². The van der Waals surface area contributed by atoms with Gasteiger partial charge in [-0.2, -0.15) is 0 Å². The van der Waals surface area contributed by atoms with Gasteiger partial charge < -0.3 is 14.7 Å². The number of alkyl halides is 2. The van der Waals surface area contributed by atoms with E-state index in [1.807, 2.05) is 13.8 Å². The van der Waals surface area contributed by atoms with Crippen molar-refractivity contribution in [3.05, 3.63) is 48.0 Å². The van der Waals surface area contributed by atoms with Crippen LogP contribution in [0.4, 0.5) is 0 Å². The number of aliphatic hydroxyl groups is 1. The average Bonchev–Trinajstić information content (AvgIpc) is 2.99. The Labute approximate surface area is 186 Å². The van der Waals surface area contributed by atoms with Crippen molar-refractivity contribution in [2.24, 2.45) is 0 Å². The number of hydrogen-bond acceptors (Lipinski definition) is 6. The van der Waals surface area contributed by atoms with Gasteiger partial charge in [-0.05, 0) is 19.4 Å². The van der Waals surface area contributed by atoms with E-state index in [-0.39, 0.29) is 12.2 Å². The predicted molar refractivity (Wildman–Crippen MR) is 115 cm³/mol. The smallest absolute Gasteiger partial charge is 0.330 e. The number of Topliss-reactive ketones (excluding diaryl/α,β-unsaturated/α-hetero) is 1. The molecule has 29 heavy (non-hydrogen) atoms. The highest BCUT2D eigenvalue weighted by atomic mass is 79.9. The number of esters is 1. The van der Waals surface area contributed by atoms with Gasteiger partial charge in [0.1, 0.15) is 24.1 Å². The number of nitrogens with zero attached hydrogens (tertiary/aromatic N) is 1. The Morgan fingerprint density at radius 3 is 2.59 bits per heavy atom. The molecule has 0 aliphatic carbocycles. The van der Waals surface area contributed by atoms with Gasteiger partial charge in [0.05, 0.1) is 0 Å². The van der Waals surface area contributed by atoms with E-state index in [0.717, 1.165) is 5.56 Å². The first-order valence-corrected chi connectivity index (χ1v) is 11.1. The number of ketones is 1. The molecule has 2 aliphatic heterocycles. The van der Waals surface area contributed by atoms with Gasteiger partial charge in [0.15, 0.2) is 10.1 Å². The Hall–Kier alpha value is -1.35. The number of carbonyl (C=O) groups excluding carboxylic acids is 3. The Morgan fingerprint density at radius 1 is 1.41 bits per heavy atom. The molecule has 1 N–H and O–H groups in total. The first-order chi connectivity index (χ1) is 13.6. The summed E-state index contributed by atoms with van der Waals surface area (Å²) in [5.41, 5.74) is 1.12. The van der Waals surface area contributed by atoms with E-state index in [0.29, 0.717) is 5.88 Å². The highest BCUT2D eigenvalue weighted by Crippen LogP contribution is 2.59. The summed E-state index contributed by atoms with van der Waals surface area (Å²) in [6.45, 7) is 7.22. The zero-order valence-corrected chi connectivity index (χ0v) is 19.1. The minimum absolute atomic E-state index is 0.0433. The van der Waals surface area contributed by atoms with Crippen LogP contribution in [0.3, 0.4) is 0 Å². The molecule has 2 aliphatic rings. The Morgan fingerprint density at radius 2 is 2.03 bits per heavy atom. The number of halogens is 2. The van der Waals surface area contributed by atoms with Gasteiger partial charge in [-0.3, -0.25) is 9.59 Å². The standard InChI is InChI=1S/C20H21BrClNO5S/c1-4-9-28-16(26)14-19(2,3)29-18-20(21,17(27)23(14)18)15(25)13(24)12-7-5-11(10-22)6-8-12/h4-8,14-15,18,25H,1,9-10H2,2-3H3/t14-,15?,18+,20?/m0/s1. The third-order valence-corrected chi connectivity index (χ3v) is 8.60. The second kappa shape index (κ2) is 8.06. The second-order valence-electron chi connectivity index (χ2n) is 7.47. The molecule has 1 amide bonds. The van der Waals surface area contributed by atoms with Crippen molar-refractivity contribution in [1.82, 2.24) is 4.90 Å². The molecule has 156 valence electrons. The van der Waals surface area contributed by atoms with Gasteiger partial charge in [0.2, 0.25) is 5.91 Å². The lowest BCUT2D eigenvalue weighted by molar-refractivity contribution is -0.166. The number of rotatable bonds is 7. The fraction of sp³-hybridized carbons (Fsp3) is 0.450. The van der Waals surface area contributed by atoms with E-state index in [2.05, 4.69) is 22.5 Å². The fourth-order valence-electron chi connectivity index (χ4n) is 3.60. The van der Waals surface area contributed by atoms with Crippen molar-refractivity contribution in [3.8, 4) is 0 Å². The molecule has 0 saturated carbocycles. The summed E-state index contributed by atoms with van der Waals surface area (Å²) in [4.78, 5) is 39.8. The summed E-state index contributed by atoms with van der Waals surface area (Å²) in [5.74, 6) is -1.32. The summed E-state index contributed by atoms with van der Waals surface area (Å²) in [5, 5.41) is 10.2. The lowest BCUT2D eigenvalue weighted by Crippen LogP contribution is -2.75. The number of hydrogen-bond donors (Lipinski definition) is 1. The molecule has 1 aromatic rings. The molecule has 9 heteroatoms. The van der Waals surface area contributed by atoms with Crippen LogP contribution in [0.15, 0.2) is 36.9 Å². The number of β-lactam (4-membered cyclic amide) rings is 1. The maximum Gasteiger partial charge on any atom is 0.330 e. The topological polar surface area (TPSA) is 83.9 Å². The third kappa shape index (κ3) is 3.54. The Bertz CT molecular complexity index is 861. The summed E-state index contributed by atoms with van der Waals surface area (Å²) in [6, 6.07) is 5.72. The van der Waals surface area contributed by atoms with E-state index < -0.39 is 44.3 Å². The highest BCUT2D eigenvalue weighted by Gasteiger charge is 2.74. The van der Waals surface area contributed by atoms with E-state index in [1.54, 1.807) is 24.3 Å². The molecule has 6 nitrogen and oxygen atoms in total. The van der Waals surface area contributed by atoms with Crippen LogP contribution in [0.1, 0.15) is 29.8 Å². The Kier molecular flexibility index (Phi) is 6.21. The number of aliphatic hydroxyl groups excluding tert-OH is 1. The van der Waals surface area contributed by atoms with E-state index in [4.69, 9.17) is 16.3 Å². The van der Waals surface area contributed by atoms with Crippen LogP contribution < -0.4 is 0 Å². The number of fused-ring (bicyclic) bond motifs is 1. The summed E-state index contributed by atoms with van der Waals surface area (Å²) < 4.78 is 3.00. The van der Waals surface area contributed by atoms with Crippen molar-refractivity contribution in [3.63, 3.8) is 0 Å². The van der Waals surface area contributed by atoms with Crippen molar-refractivity contribution in [2.75, 3.05) is 6.61 Å². The summed E-state index contributed by atoms with van der Waals surface area (Å²) in [6.07, 6.45) is -0.154. The molecule has 2 unspecified atom stereocenters. The molecule has 2 fully saturated rings.